The Morgan fingerprint density at radius 3 is 2.50 bits per heavy atom. The van der Waals surface area contributed by atoms with Crippen LogP contribution in [0.5, 0.6) is 0 Å². The number of carbonyl (C=O) groups is 2. The Bertz CT molecular complexity index is 365. The van der Waals surface area contributed by atoms with Crippen LogP contribution in [0.2, 0.25) is 0 Å². The number of piperazine rings is 1. The van der Waals surface area contributed by atoms with E-state index in [0.29, 0.717) is 12.3 Å². The first-order chi connectivity index (χ1) is 9.60. The van der Waals surface area contributed by atoms with Crippen LogP contribution in [0.3, 0.4) is 0 Å². The third-order valence-electron chi connectivity index (χ3n) is 4.64. The fourth-order valence-electron chi connectivity index (χ4n) is 3.24. The van der Waals surface area contributed by atoms with Crippen LogP contribution < -0.4 is 5.32 Å². The van der Waals surface area contributed by atoms with Gasteiger partial charge in [0, 0.05) is 6.04 Å². The number of amides is 2. The van der Waals surface area contributed by atoms with Crippen molar-refractivity contribution in [2.75, 3.05) is 0 Å². The van der Waals surface area contributed by atoms with Crippen molar-refractivity contribution in [3.63, 3.8) is 0 Å². The molecule has 1 aliphatic heterocycles. The molecule has 2 rings (SSSR count). The zero-order valence-electron chi connectivity index (χ0n) is 13.0. The smallest absolute Gasteiger partial charge is 0.246 e. The normalized spacial score (nSPS) is 28.4. The zero-order valence-corrected chi connectivity index (χ0v) is 13.0. The van der Waals surface area contributed by atoms with Gasteiger partial charge in [-0.25, -0.2) is 0 Å². The summed E-state index contributed by atoms with van der Waals surface area (Å²) in [6, 6.07) is -0.348. The van der Waals surface area contributed by atoms with Crippen molar-refractivity contribution in [3.8, 4) is 0 Å². The molecule has 4 nitrogen and oxygen atoms in total. The molecule has 1 N–H and O–H groups in total. The second-order valence-corrected chi connectivity index (χ2v) is 6.34. The van der Waals surface area contributed by atoms with Crippen LogP contribution >= 0.6 is 0 Å². The highest BCUT2D eigenvalue weighted by Crippen LogP contribution is 2.36. The lowest BCUT2D eigenvalue weighted by atomic mass is 9.97. The standard InChI is InChI=1S/C16H28N2O2/c1-4-6-7-8-11(3)18-13(5-2)15(19)17-14(16(18)20)12-9-10-12/h11-14H,4-10H2,1-3H3,(H,17,19). The summed E-state index contributed by atoms with van der Waals surface area (Å²) in [6.45, 7) is 6.27. The maximum atomic E-state index is 12.7. The van der Waals surface area contributed by atoms with E-state index in [1.165, 1.54) is 12.8 Å². The minimum absolute atomic E-state index is 0.0475. The van der Waals surface area contributed by atoms with Gasteiger partial charge in [-0.3, -0.25) is 9.59 Å². The molecule has 0 aromatic rings. The molecule has 4 heteroatoms. The molecule has 1 aliphatic carbocycles. The highest BCUT2D eigenvalue weighted by molar-refractivity contribution is 5.97. The first-order valence-electron chi connectivity index (χ1n) is 8.22. The first-order valence-corrected chi connectivity index (χ1v) is 8.22. The van der Waals surface area contributed by atoms with Gasteiger partial charge >= 0.3 is 0 Å². The SMILES string of the molecule is CCCCCC(C)N1C(=O)C(C2CC2)NC(=O)C1CC. The summed E-state index contributed by atoms with van der Waals surface area (Å²) in [5, 5.41) is 2.95. The predicted octanol–water partition coefficient (Wildman–Crippen LogP) is 2.47. The number of hydrogen-bond acceptors (Lipinski definition) is 2. The third-order valence-corrected chi connectivity index (χ3v) is 4.64. The van der Waals surface area contributed by atoms with E-state index in [1.54, 1.807) is 0 Å². The molecule has 2 aliphatic rings. The van der Waals surface area contributed by atoms with Crippen LogP contribution in [-0.4, -0.2) is 34.8 Å². The van der Waals surface area contributed by atoms with Crippen molar-refractivity contribution in [1.29, 1.82) is 0 Å². The Labute approximate surface area is 122 Å². The van der Waals surface area contributed by atoms with Crippen molar-refractivity contribution in [1.82, 2.24) is 10.2 Å². The van der Waals surface area contributed by atoms with E-state index in [2.05, 4.69) is 19.2 Å². The van der Waals surface area contributed by atoms with E-state index >= 15 is 0 Å². The number of unbranched alkanes of at least 4 members (excludes halogenated alkanes) is 2. The van der Waals surface area contributed by atoms with Gasteiger partial charge in [-0.2, -0.15) is 0 Å². The second-order valence-electron chi connectivity index (χ2n) is 6.34. The summed E-state index contributed by atoms with van der Waals surface area (Å²) in [7, 11) is 0. The van der Waals surface area contributed by atoms with Gasteiger partial charge in [-0.05, 0) is 38.5 Å². The van der Waals surface area contributed by atoms with E-state index in [0.717, 1.165) is 25.7 Å². The molecule has 114 valence electrons. The van der Waals surface area contributed by atoms with Gasteiger partial charge in [0.15, 0.2) is 0 Å². The van der Waals surface area contributed by atoms with Gasteiger partial charge in [-0.15, -0.1) is 0 Å². The second kappa shape index (κ2) is 6.59. The van der Waals surface area contributed by atoms with Gasteiger partial charge in [0.2, 0.25) is 11.8 Å². The minimum Gasteiger partial charge on any atom is -0.342 e. The van der Waals surface area contributed by atoms with Crippen LogP contribution in [0.1, 0.15) is 65.7 Å². The predicted molar refractivity (Wildman–Crippen MR) is 79.2 cm³/mol. The fraction of sp³-hybridized carbons (Fsp3) is 0.875. The number of nitrogens with zero attached hydrogens (tertiary/aromatic N) is 1. The van der Waals surface area contributed by atoms with Crippen molar-refractivity contribution in [3.05, 3.63) is 0 Å². The van der Waals surface area contributed by atoms with Gasteiger partial charge in [0.05, 0.1) is 0 Å². The Kier molecular flexibility index (Phi) is 5.06. The van der Waals surface area contributed by atoms with E-state index < -0.39 is 0 Å². The third kappa shape index (κ3) is 3.15. The lowest BCUT2D eigenvalue weighted by Gasteiger charge is -2.42. The van der Waals surface area contributed by atoms with E-state index in [-0.39, 0.29) is 29.9 Å². The van der Waals surface area contributed by atoms with Gasteiger partial charge in [0.1, 0.15) is 12.1 Å². The summed E-state index contributed by atoms with van der Waals surface area (Å²) >= 11 is 0. The Morgan fingerprint density at radius 2 is 1.95 bits per heavy atom. The molecule has 3 unspecified atom stereocenters. The number of rotatable bonds is 7. The summed E-state index contributed by atoms with van der Waals surface area (Å²) in [5.74, 6) is 0.587. The van der Waals surface area contributed by atoms with Crippen LogP contribution in [-0.2, 0) is 9.59 Å². The number of carbonyl (C=O) groups excluding carboxylic acids is 2. The van der Waals surface area contributed by atoms with Gasteiger partial charge in [0.25, 0.3) is 0 Å². The molecule has 0 spiro atoms. The molecule has 2 amide bonds. The largest absolute Gasteiger partial charge is 0.342 e. The Hall–Kier alpha value is -1.06. The summed E-state index contributed by atoms with van der Waals surface area (Å²) < 4.78 is 0. The monoisotopic (exact) mass is 280 g/mol. The van der Waals surface area contributed by atoms with Gasteiger partial charge in [-0.1, -0.05) is 33.1 Å². The molecular formula is C16H28N2O2. The van der Waals surface area contributed by atoms with Crippen molar-refractivity contribution >= 4 is 11.8 Å². The Balaban J connectivity index is 2.07. The van der Waals surface area contributed by atoms with Crippen molar-refractivity contribution in [2.24, 2.45) is 5.92 Å². The molecule has 0 aromatic heterocycles. The highest BCUT2D eigenvalue weighted by atomic mass is 16.2. The first kappa shape index (κ1) is 15.3. The molecule has 1 saturated carbocycles. The summed E-state index contributed by atoms with van der Waals surface area (Å²) in [6.07, 6.45) is 7.36. The molecule has 1 saturated heterocycles. The molecule has 0 radical (unpaired) electrons. The molecule has 0 aromatic carbocycles. The fourth-order valence-corrected chi connectivity index (χ4v) is 3.24. The Morgan fingerprint density at radius 1 is 1.25 bits per heavy atom. The quantitative estimate of drug-likeness (QED) is 0.728. The van der Waals surface area contributed by atoms with E-state index in [1.807, 2.05) is 11.8 Å². The molecule has 20 heavy (non-hydrogen) atoms. The zero-order chi connectivity index (χ0) is 14.7. The lowest BCUT2D eigenvalue weighted by Crippen LogP contribution is -2.65. The van der Waals surface area contributed by atoms with E-state index in [9.17, 15) is 9.59 Å². The van der Waals surface area contributed by atoms with Crippen LogP contribution in [0.4, 0.5) is 0 Å². The maximum Gasteiger partial charge on any atom is 0.246 e. The number of nitrogens with one attached hydrogen (secondary N) is 1. The topological polar surface area (TPSA) is 49.4 Å². The van der Waals surface area contributed by atoms with Crippen LogP contribution in [0.15, 0.2) is 0 Å². The summed E-state index contributed by atoms with van der Waals surface area (Å²) in [4.78, 5) is 26.8. The van der Waals surface area contributed by atoms with Crippen molar-refractivity contribution < 1.29 is 9.59 Å². The van der Waals surface area contributed by atoms with E-state index in [4.69, 9.17) is 0 Å². The van der Waals surface area contributed by atoms with Gasteiger partial charge < -0.3 is 10.2 Å². The number of hydrogen-bond donors (Lipinski definition) is 1. The van der Waals surface area contributed by atoms with Crippen LogP contribution in [0.25, 0.3) is 0 Å². The molecular weight excluding hydrogens is 252 g/mol. The van der Waals surface area contributed by atoms with Crippen LogP contribution in [0, 0.1) is 5.92 Å². The highest BCUT2D eigenvalue weighted by Gasteiger charge is 2.47. The molecule has 1 heterocycles. The lowest BCUT2D eigenvalue weighted by molar-refractivity contribution is -0.152. The molecule has 2 fully saturated rings. The molecule has 3 atom stereocenters. The average Bonchev–Trinajstić information content (AvgIpc) is 3.25. The molecule has 0 bridgehead atoms. The summed E-state index contributed by atoms with van der Waals surface area (Å²) in [5.41, 5.74) is 0. The van der Waals surface area contributed by atoms with Crippen molar-refractivity contribution in [2.45, 2.75) is 83.8 Å². The minimum atomic E-state index is -0.269. The average molecular weight is 280 g/mol. The maximum absolute atomic E-state index is 12.7.